The molecule has 0 aromatic carbocycles. The second-order valence-corrected chi connectivity index (χ2v) is 5.53. The standard InChI is InChI=1S/C10H13BrN4S/c1-15-4-10(13-6-15)9(14-12)3-8-2-7(11)5-16-8/h2,4-6,9,14H,3,12H2,1H3. The molecule has 0 aliphatic carbocycles. The maximum Gasteiger partial charge on any atom is 0.0947 e. The van der Waals surface area contributed by atoms with Gasteiger partial charge in [0.1, 0.15) is 0 Å². The van der Waals surface area contributed by atoms with E-state index in [4.69, 9.17) is 5.84 Å². The molecule has 0 aliphatic heterocycles. The van der Waals surface area contributed by atoms with E-state index >= 15 is 0 Å². The number of imidazole rings is 1. The highest BCUT2D eigenvalue weighted by Crippen LogP contribution is 2.24. The molecule has 2 heterocycles. The summed E-state index contributed by atoms with van der Waals surface area (Å²) in [7, 11) is 1.95. The van der Waals surface area contributed by atoms with Crippen molar-refractivity contribution in [2.45, 2.75) is 12.5 Å². The van der Waals surface area contributed by atoms with Crippen LogP contribution in [-0.2, 0) is 13.5 Å². The molecule has 2 aromatic heterocycles. The van der Waals surface area contributed by atoms with Gasteiger partial charge in [0.05, 0.1) is 18.1 Å². The molecule has 0 radical (unpaired) electrons. The Morgan fingerprint density at radius 1 is 1.69 bits per heavy atom. The quantitative estimate of drug-likeness (QED) is 0.671. The number of aromatic nitrogens is 2. The van der Waals surface area contributed by atoms with Gasteiger partial charge in [0.2, 0.25) is 0 Å². The van der Waals surface area contributed by atoms with E-state index in [9.17, 15) is 0 Å². The van der Waals surface area contributed by atoms with Gasteiger partial charge in [0.15, 0.2) is 0 Å². The van der Waals surface area contributed by atoms with E-state index in [0.29, 0.717) is 0 Å². The molecule has 0 aliphatic rings. The fraction of sp³-hybridized carbons (Fsp3) is 0.300. The van der Waals surface area contributed by atoms with Crippen LogP contribution in [0.4, 0.5) is 0 Å². The molecule has 6 heteroatoms. The van der Waals surface area contributed by atoms with E-state index < -0.39 is 0 Å². The normalized spacial score (nSPS) is 12.9. The van der Waals surface area contributed by atoms with Crippen LogP contribution in [0.3, 0.4) is 0 Å². The first-order valence-corrected chi connectivity index (χ1v) is 6.53. The van der Waals surface area contributed by atoms with Gasteiger partial charge in [-0.1, -0.05) is 0 Å². The van der Waals surface area contributed by atoms with Crippen LogP contribution in [0.1, 0.15) is 16.6 Å². The van der Waals surface area contributed by atoms with Crippen LogP contribution < -0.4 is 11.3 Å². The van der Waals surface area contributed by atoms with Gasteiger partial charge in [-0.3, -0.25) is 11.3 Å². The lowest BCUT2D eigenvalue weighted by molar-refractivity contribution is 0.543. The lowest BCUT2D eigenvalue weighted by atomic mass is 10.1. The lowest BCUT2D eigenvalue weighted by Crippen LogP contribution is -2.29. The summed E-state index contributed by atoms with van der Waals surface area (Å²) in [6.45, 7) is 0. The number of nitrogens with zero attached hydrogens (tertiary/aromatic N) is 2. The smallest absolute Gasteiger partial charge is 0.0947 e. The maximum atomic E-state index is 5.56. The highest BCUT2D eigenvalue weighted by molar-refractivity contribution is 9.10. The van der Waals surface area contributed by atoms with Gasteiger partial charge in [-0.15, -0.1) is 11.3 Å². The molecule has 2 rings (SSSR count). The number of hydrogen-bond donors (Lipinski definition) is 2. The van der Waals surface area contributed by atoms with Crippen molar-refractivity contribution in [1.82, 2.24) is 15.0 Å². The van der Waals surface area contributed by atoms with Gasteiger partial charge in [0, 0.05) is 34.4 Å². The van der Waals surface area contributed by atoms with Crippen molar-refractivity contribution in [2.24, 2.45) is 12.9 Å². The second-order valence-electron chi connectivity index (χ2n) is 3.62. The van der Waals surface area contributed by atoms with E-state index in [-0.39, 0.29) is 6.04 Å². The van der Waals surface area contributed by atoms with Crippen LogP contribution in [0.25, 0.3) is 0 Å². The summed E-state index contributed by atoms with van der Waals surface area (Å²) in [4.78, 5) is 5.58. The first-order valence-electron chi connectivity index (χ1n) is 4.86. The van der Waals surface area contributed by atoms with E-state index in [1.165, 1.54) is 4.88 Å². The van der Waals surface area contributed by atoms with Gasteiger partial charge in [-0.2, -0.15) is 0 Å². The summed E-state index contributed by atoms with van der Waals surface area (Å²) in [6.07, 6.45) is 4.61. The lowest BCUT2D eigenvalue weighted by Gasteiger charge is -2.11. The molecule has 0 fully saturated rings. The molecule has 1 unspecified atom stereocenters. The first-order chi connectivity index (χ1) is 7.69. The van der Waals surface area contributed by atoms with E-state index in [1.807, 2.05) is 17.8 Å². The zero-order chi connectivity index (χ0) is 11.5. The summed E-state index contributed by atoms with van der Waals surface area (Å²) >= 11 is 5.16. The molecular formula is C10H13BrN4S. The minimum atomic E-state index is 0.0618. The monoisotopic (exact) mass is 300 g/mol. The van der Waals surface area contributed by atoms with Gasteiger partial charge in [-0.05, 0) is 22.0 Å². The summed E-state index contributed by atoms with van der Waals surface area (Å²) in [5, 5.41) is 2.07. The number of thiophene rings is 1. The predicted molar refractivity (Wildman–Crippen MR) is 69.0 cm³/mol. The molecule has 0 amide bonds. The number of nitrogens with one attached hydrogen (secondary N) is 1. The zero-order valence-electron chi connectivity index (χ0n) is 8.85. The van der Waals surface area contributed by atoms with E-state index in [2.05, 4.69) is 37.8 Å². The summed E-state index contributed by atoms with van der Waals surface area (Å²) < 4.78 is 3.04. The van der Waals surface area contributed by atoms with Gasteiger partial charge in [-0.25, -0.2) is 4.98 Å². The van der Waals surface area contributed by atoms with Gasteiger partial charge in [0.25, 0.3) is 0 Å². The average molecular weight is 301 g/mol. The third-order valence-electron chi connectivity index (χ3n) is 2.31. The van der Waals surface area contributed by atoms with Crippen LogP contribution >= 0.6 is 27.3 Å². The van der Waals surface area contributed by atoms with Crippen LogP contribution in [0.2, 0.25) is 0 Å². The fourth-order valence-electron chi connectivity index (χ4n) is 1.52. The Balaban J connectivity index is 2.12. The van der Waals surface area contributed by atoms with Crippen molar-refractivity contribution in [3.63, 3.8) is 0 Å². The number of hydrazine groups is 1. The highest BCUT2D eigenvalue weighted by Gasteiger charge is 2.14. The minimum absolute atomic E-state index is 0.0618. The van der Waals surface area contributed by atoms with Crippen molar-refractivity contribution in [3.05, 3.63) is 39.0 Å². The Labute approximate surface area is 107 Å². The van der Waals surface area contributed by atoms with Crippen LogP contribution in [0.15, 0.2) is 28.4 Å². The number of hydrogen-bond acceptors (Lipinski definition) is 4. The van der Waals surface area contributed by atoms with Crippen molar-refractivity contribution in [1.29, 1.82) is 0 Å². The van der Waals surface area contributed by atoms with Crippen molar-refractivity contribution in [3.8, 4) is 0 Å². The van der Waals surface area contributed by atoms with E-state index in [1.54, 1.807) is 17.7 Å². The molecule has 16 heavy (non-hydrogen) atoms. The predicted octanol–water partition coefficient (Wildman–Crippen LogP) is 1.99. The highest BCUT2D eigenvalue weighted by atomic mass is 79.9. The largest absolute Gasteiger partial charge is 0.340 e. The molecule has 0 spiro atoms. The molecule has 3 N–H and O–H groups in total. The number of nitrogens with two attached hydrogens (primary N) is 1. The Kier molecular flexibility index (Phi) is 3.75. The minimum Gasteiger partial charge on any atom is -0.340 e. The summed E-state index contributed by atoms with van der Waals surface area (Å²) in [6, 6.07) is 2.17. The Hall–Kier alpha value is -0.690. The Bertz CT molecular complexity index is 465. The average Bonchev–Trinajstić information content (AvgIpc) is 2.84. The Morgan fingerprint density at radius 3 is 3.00 bits per heavy atom. The number of rotatable bonds is 4. The van der Waals surface area contributed by atoms with Gasteiger partial charge >= 0.3 is 0 Å². The van der Waals surface area contributed by atoms with Crippen LogP contribution in [0.5, 0.6) is 0 Å². The molecule has 2 aromatic rings. The molecule has 0 bridgehead atoms. The molecule has 0 saturated carbocycles. The molecular weight excluding hydrogens is 288 g/mol. The SMILES string of the molecule is Cn1cnc(C(Cc2cc(Br)cs2)NN)c1. The second kappa shape index (κ2) is 5.09. The molecule has 4 nitrogen and oxygen atoms in total. The van der Waals surface area contributed by atoms with Crippen LogP contribution in [-0.4, -0.2) is 9.55 Å². The van der Waals surface area contributed by atoms with Crippen molar-refractivity contribution >= 4 is 27.3 Å². The molecule has 1 atom stereocenters. The van der Waals surface area contributed by atoms with Gasteiger partial charge < -0.3 is 4.57 Å². The maximum absolute atomic E-state index is 5.56. The van der Waals surface area contributed by atoms with E-state index in [0.717, 1.165) is 16.6 Å². The Morgan fingerprint density at radius 2 is 2.50 bits per heavy atom. The molecule has 0 saturated heterocycles. The fourth-order valence-corrected chi connectivity index (χ4v) is 3.02. The number of halogens is 1. The summed E-state index contributed by atoms with van der Waals surface area (Å²) in [5.74, 6) is 5.56. The third-order valence-corrected chi connectivity index (χ3v) is 4.03. The summed E-state index contributed by atoms with van der Waals surface area (Å²) in [5.41, 5.74) is 3.77. The first kappa shape index (κ1) is 11.8. The number of aryl methyl sites for hydroxylation is 1. The third kappa shape index (κ3) is 2.70. The van der Waals surface area contributed by atoms with Crippen LogP contribution in [0, 0.1) is 0 Å². The molecule has 86 valence electrons. The van der Waals surface area contributed by atoms with Crippen molar-refractivity contribution in [2.75, 3.05) is 0 Å². The van der Waals surface area contributed by atoms with Crippen molar-refractivity contribution < 1.29 is 0 Å². The topological polar surface area (TPSA) is 55.9 Å². The zero-order valence-corrected chi connectivity index (χ0v) is 11.3.